The van der Waals surface area contributed by atoms with Crippen LogP contribution >= 0.6 is 0 Å². The predicted molar refractivity (Wildman–Crippen MR) is 81.8 cm³/mol. The number of hydrogen-bond acceptors (Lipinski definition) is 0. The molecule has 94 valence electrons. The Morgan fingerprint density at radius 1 is 1.24 bits per heavy atom. The summed E-state index contributed by atoms with van der Waals surface area (Å²) >= 11 is 0. The van der Waals surface area contributed by atoms with E-state index in [9.17, 15) is 0 Å². The first-order valence-corrected chi connectivity index (χ1v) is 10.1. The lowest BCUT2D eigenvalue weighted by atomic mass is 9.72. The Hall–Kier alpha value is -0.823. The van der Waals surface area contributed by atoms with Crippen LogP contribution in [0.5, 0.6) is 0 Å². The van der Waals surface area contributed by atoms with E-state index in [-0.39, 0.29) is 5.41 Å². The standard InChI is InChI=1S/C16H26Si/c1-7-10-16(14(2)3)11-8-15(9-12-16)13-17(4,5)6/h7-9,11-14H,1,10H2,2-6H3. The molecule has 0 aromatic carbocycles. The third kappa shape index (κ3) is 3.85. The lowest BCUT2D eigenvalue weighted by Gasteiger charge is -2.33. The number of allylic oxidation sites excluding steroid dienone is 6. The summed E-state index contributed by atoms with van der Waals surface area (Å²) in [5, 5.41) is 0. The van der Waals surface area contributed by atoms with Crippen LogP contribution in [0.4, 0.5) is 0 Å². The second-order valence-corrected chi connectivity index (χ2v) is 11.5. The summed E-state index contributed by atoms with van der Waals surface area (Å²) < 4.78 is 0. The first-order chi connectivity index (χ1) is 7.79. The zero-order valence-corrected chi connectivity index (χ0v) is 13.0. The van der Waals surface area contributed by atoms with E-state index in [1.54, 1.807) is 0 Å². The fraction of sp³-hybridized carbons (Fsp3) is 0.500. The average molecular weight is 246 g/mol. The van der Waals surface area contributed by atoms with Gasteiger partial charge in [-0.1, -0.05) is 69.6 Å². The zero-order chi connectivity index (χ0) is 13.1. The first-order valence-electron chi connectivity index (χ1n) is 6.51. The molecule has 0 heterocycles. The quantitative estimate of drug-likeness (QED) is 0.476. The maximum Gasteiger partial charge on any atom is 0.0694 e. The Morgan fingerprint density at radius 3 is 2.12 bits per heavy atom. The highest BCUT2D eigenvalue weighted by Gasteiger charge is 2.28. The van der Waals surface area contributed by atoms with E-state index in [2.05, 4.69) is 70.1 Å². The van der Waals surface area contributed by atoms with E-state index in [1.165, 1.54) is 5.57 Å². The van der Waals surface area contributed by atoms with Gasteiger partial charge >= 0.3 is 0 Å². The molecule has 0 aromatic rings. The van der Waals surface area contributed by atoms with Gasteiger partial charge in [-0.3, -0.25) is 0 Å². The summed E-state index contributed by atoms with van der Waals surface area (Å²) in [6, 6.07) is 0. The van der Waals surface area contributed by atoms with Crippen molar-refractivity contribution in [2.45, 2.75) is 39.9 Å². The second-order valence-electron chi connectivity index (χ2n) is 6.44. The maximum atomic E-state index is 3.89. The highest BCUT2D eigenvalue weighted by Crippen LogP contribution is 2.38. The molecule has 0 unspecified atom stereocenters. The summed E-state index contributed by atoms with van der Waals surface area (Å²) in [6.45, 7) is 15.6. The normalized spacial score (nSPS) is 24.2. The van der Waals surface area contributed by atoms with Crippen LogP contribution in [0.15, 0.2) is 48.2 Å². The van der Waals surface area contributed by atoms with Gasteiger partial charge in [-0.15, -0.1) is 6.58 Å². The van der Waals surface area contributed by atoms with Crippen LogP contribution in [0, 0.1) is 11.3 Å². The van der Waals surface area contributed by atoms with Crippen molar-refractivity contribution < 1.29 is 0 Å². The smallest absolute Gasteiger partial charge is 0.0694 e. The Kier molecular flexibility index (Phi) is 4.37. The van der Waals surface area contributed by atoms with Crippen molar-refractivity contribution in [2.24, 2.45) is 11.3 Å². The van der Waals surface area contributed by atoms with Crippen LogP contribution in [0.2, 0.25) is 19.6 Å². The highest BCUT2D eigenvalue weighted by atomic mass is 28.3. The fourth-order valence-electron chi connectivity index (χ4n) is 2.22. The van der Waals surface area contributed by atoms with Crippen LogP contribution in [-0.2, 0) is 0 Å². The van der Waals surface area contributed by atoms with Gasteiger partial charge < -0.3 is 0 Å². The SMILES string of the molecule is C=CCC1(C(C)C)C=CC(=C[Si](C)(C)C)C=C1. The van der Waals surface area contributed by atoms with Crippen molar-refractivity contribution in [1.29, 1.82) is 0 Å². The number of rotatable bonds is 4. The van der Waals surface area contributed by atoms with Gasteiger partial charge in [-0.05, 0) is 17.9 Å². The molecule has 17 heavy (non-hydrogen) atoms. The molecule has 1 heteroatoms. The van der Waals surface area contributed by atoms with Gasteiger partial charge in [0.05, 0.1) is 8.07 Å². The van der Waals surface area contributed by atoms with Crippen molar-refractivity contribution in [3.05, 3.63) is 48.2 Å². The van der Waals surface area contributed by atoms with E-state index >= 15 is 0 Å². The Balaban J connectivity index is 2.95. The zero-order valence-electron chi connectivity index (χ0n) is 12.0. The maximum absolute atomic E-state index is 3.89. The molecule has 0 radical (unpaired) electrons. The molecular formula is C16H26Si. The molecule has 1 aliphatic rings. The van der Waals surface area contributed by atoms with Gasteiger partial charge in [0, 0.05) is 5.41 Å². The van der Waals surface area contributed by atoms with Crippen molar-refractivity contribution >= 4 is 8.07 Å². The molecule has 1 aliphatic carbocycles. The fourth-order valence-corrected chi connectivity index (χ4v) is 3.41. The van der Waals surface area contributed by atoms with Crippen LogP contribution in [-0.4, -0.2) is 8.07 Å². The van der Waals surface area contributed by atoms with Gasteiger partial charge in [0.2, 0.25) is 0 Å². The summed E-state index contributed by atoms with van der Waals surface area (Å²) in [6.07, 6.45) is 12.4. The molecule has 0 saturated heterocycles. The minimum atomic E-state index is -1.12. The van der Waals surface area contributed by atoms with Gasteiger partial charge in [0.25, 0.3) is 0 Å². The molecule has 0 amide bonds. The molecular weight excluding hydrogens is 220 g/mol. The summed E-state index contributed by atoms with van der Waals surface area (Å²) in [5.41, 5.74) is 4.01. The van der Waals surface area contributed by atoms with Crippen molar-refractivity contribution in [3.8, 4) is 0 Å². The molecule has 0 atom stereocenters. The van der Waals surface area contributed by atoms with Crippen LogP contribution in [0.25, 0.3) is 0 Å². The molecule has 1 rings (SSSR count). The van der Waals surface area contributed by atoms with Crippen molar-refractivity contribution in [2.75, 3.05) is 0 Å². The molecule has 0 bridgehead atoms. The van der Waals surface area contributed by atoms with Crippen molar-refractivity contribution in [1.82, 2.24) is 0 Å². The Bertz CT molecular complexity index is 345. The Morgan fingerprint density at radius 2 is 1.76 bits per heavy atom. The van der Waals surface area contributed by atoms with Gasteiger partial charge in [-0.2, -0.15) is 0 Å². The van der Waals surface area contributed by atoms with Crippen molar-refractivity contribution in [3.63, 3.8) is 0 Å². The minimum absolute atomic E-state index is 0.179. The average Bonchev–Trinajstić information content (AvgIpc) is 2.19. The Labute approximate surface area is 108 Å². The van der Waals surface area contributed by atoms with Gasteiger partial charge in [0.1, 0.15) is 0 Å². The largest absolute Gasteiger partial charge is 0.103 e. The van der Waals surface area contributed by atoms with Crippen LogP contribution in [0.1, 0.15) is 20.3 Å². The van der Waals surface area contributed by atoms with E-state index < -0.39 is 8.07 Å². The summed E-state index contributed by atoms with van der Waals surface area (Å²) in [7, 11) is -1.12. The molecule has 0 N–H and O–H groups in total. The second kappa shape index (κ2) is 5.22. The molecule has 0 saturated carbocycles. The van der Waals surface area contributed by atoms with E-state index in [0.717, 1.165) is 6.42 Å². The molecule has 0 spiro atoms. The third-order valence-corrected chi connectivity index (χ3v) is 4.54. The van der Waals surface area contributed by atoms with E-state index in [1.807, 2.05) is 6.08 Å². The van der Waals surface area contributed by atoms with Crippen LogP contribution < -0.4 is 0 Å². The minimum Gasteiger partial charge on any atom is -0.103 e. The predicted octanol–water partition coefficient (Wildman–Crippen LogP) is 5.13. The lowest BCUT2D eigenvalue weighted by Crippen LogP contribution is -2.24. The summed E-state index contributed by atoms with van der Waals surface area (Å²) in [5.74, 6) is 0.612. The topological polar surface area (TPSA) is 0 Å². The molecule has 0 nitrogen and oxygen atoms in total. The summed E-state index contributed by atoms with van der Waals surface area (Å²) in [4.78, 5) is 0. The van der Waals surface area contributed by atoms with E-state index in [4.69, 9.17) is 0 Å². The highest BCUT2D eigenvalue weighted by molar-refractivity contribution is 6.81. The molecule has 0 aromatic heterocycles. The van der Waals surface area contributed by atoms with Crippen LogP contribution in [0.3, 0.4) is 0 Å². The molecule has 0 fully saturated rings. The third-order valence-electron chi connectivity index (χ3n) is 3.34. The first kappa shape index (κ1) is 14.2. The molecule has 0 aliphatic heterocycles. The van der Waals surface area contributed by atoms with Gasteiger partial charge in [0.15, 0.2) is 0 Å². The lowest BCUT2D eigenvalue weighted by molar-refractivity contribution is 0.348. The monoisotopic (exact) mass is 246 g/mol. The van der Waals surface area contributed by atoms with Gasteiger partial charge in [-0.25, -0.2) is 0 Å². The number of hydrogen-bond donors (Lipinski definition) is 0. The van der Waals surface area contributed by atoms with E-state index in [0.29, 0.717) is 5.92 Å².